The van der Waals surface area contributed by atoms with Crippen LogP contribution in [0.4, 0.5) is 0 Å². The summed E-state index contributed by atoms with van der Waals surface area (Å²) < 4.78 is 3.87. The van der Waals surface area contributed by atoms with Gasteiger partial charge in [0, 0.05) is 38.1 Å². The molecule has 0 amide bonds. The zero-order valence-electron chi connectivity index (χ0n) is 20.7. The van der Waals surface area contributed by atoms with Crippen molar-refractivity contribution in [2.45, 2.75) is 50.7 Å². The first-order valence-corrected chi connectivity index (χ1v) is 13.2. The average molecular weight is 483 g/mol. The molecule has 1 saturated heterocycles. The summed E-state index contributed by atoms with van der Waals surface area (Å²) in [4.78, 5) is 5.32. The van der Waals surface area contributed by atoms with Crippen molar-refractivity contribution < 1.29 is 0 Å². The SMILES string of the molecule is c1ccc(Cn2nnnc2C(c2ccc(-n3cccn3)cc2)N2CCCN(C3CCCC3)CC2)cc1. The number of rotatable bonds is 7. The second-order valence-electron chi connectivity index (χ2n) is 9.99. The zero-order chi connectivity index (χ0) is 24.2. The third-order valence-corrected chi connectivity index (χ3v) is 7.73. The highest BCUT2D eigenvalue weighted by Crippen LogP contribution is 2.31. The molecule has 1 atom stereocenters. The molecule has 0 radical (unpaired) electrons. The molecule has 186 valence electrons. The minimum absolute atomic E-state index is 0.00101. The fourth-order valence-corrected chi connectivity index (χ4v) is 5.88. The first kappa shape index (κ1) is 23.1. The molecule has 1 aliphatic heterocycles. The van der Waals surface area contributed by atoms with Crippen LogP contribution in [0.3, 0.4) is 0 Å². The maximum atomic E-state index is 4.59. The molecule has 1 saturated carbocycles. The highest BCUT2D eigenvalue weighted by Gasteiger charge is 2.31. The van der Waals surface area contributed by atoms with Crippen molar-refractivity contribution in [1.82, 2.24) is 39.8 Å². The monoisotopic (exact) mass is 482 g/mol. The molecular weight excluding hydrogens is 448 g/mol. The van der Waals surface area contributed by atoms with E-state index in [0.717, 1.165) is 37.2 Å². The van der Waals surface area contributed by atoms with E-state index < -0.39 is 0 Å². The van der Waals surface area contributed by atoms with Crippen LogP contribution in [-0.2, 0) is 6.54 Å². The molecule has 6 rings (SSSR count). The number of benzene rings is 2. The lowest BCUT2D eigenvalue weighted by Gasteiger charge is -2.31. The van der Waals surface area contributed by atoms with Crippen LogP contribution < -0.4 is 0 Å². The van der Waals surface area contributed by atoms with Crippen molar-refractivity contribution in [2.24, 2.45) is 0 Å². The summed E-state index contributed by atoms with van der Waals surface area (Å²) in [5.74, 6) is 0.903. The van der Waals surface area contributed by atoms with Gasteiger partial charge in [-0.2, -0.15) is 5.10 Å². The highest BCUT2D eigenvalue weighted by molar-refractivity contribution is 5.37. The van der Waals surface area contributed by atoms with E-state index in [1.54, 1.807) is 0 Å². The molecule has 2 aliphatic rings. The lowest BCUT2D eigenvalue weighted by atomic mass is 10.0. The molecule has 1 unspecified atom stereocenters. The molecule has 0 N–H and O–H groups in total. The Morgan fingerprint density at radius 1 is 0.833 bits per heavy atom. The highest BCUT2D eigenvalue weighted by atomic mass is 15.6. The van der Waals surface area contributed by atoms with Gasteiger partial charge in [-0.3, -0.25) is 9.80 Å². The van der Waals surface area contributed by atoms with Gasteiger partial charge in [-0.15, -0.1) is 5.10 Å². The van der Waals surface area contributed by atoms with E-state index >= 15 is 0 Å². The van der Waals surface area contributed by atoms with Crippen LogP contribution in [0.15, 0.2) is 73.1 Å². The topological polar surface area (TPSA) is 67.9 Å². The largest absolute Gasteiger partial charge is 0.299 e. The van der Waals surface area contributed by atoms with E-state index in [4.69, 9.17) is 0 Å². The molecule has 0 spiro atoms. The fraction of sp³-hybridized carbons (Fsp3) is 0.429. The Hall–Kier alpha value is -3.36. The van der Waals surface area contributed by atoms with E-state index in [9.17, 15) is 0 Å². The van der Waals surface area contributed by atoms with E-state index in [0.29, 0.717) is 6.54 Å². The molecule has 8 nitrogen and oxygen atoms in total. The van der Waals surface area contributed by atoms with Crippen molar-refractivity contribution in [2.75, 3.05) is 26.2 Å². The lowest BCUT2D eigenvalue weighted by Crippen LogP contribution is -2.38. The summed E-state index contributed by atoms with van der Waals surface area (Å²) in [5, 5.41) is 17.5. The van der Waals surface area contributed by atoms with Gasteiger partial charge in [0.05, 0.1) is 18.3 Å². The van der Waals surface area contributed by atoms with Crippen molar-refractivity contribution in [3.8, 4) is 5.69 Å². The maximum Gasteiger partial charge on any atom is 0.173 e. The van der Waals surface area contributed by atoms with Gasteiger partial charge in [-0.25, -0.2) is 9.36 Å². The summed E-state index contributed by atoms with van der Waals surface area (Å²) in [6.07, 6.45) is 10.4. The van der Waals surface area contributed by atoms with Crippen LogP contribution in [0, 0.1) is 0 Å². The number of hydrogen-bond acceptors (Lipinski definition) is 6. The molecule has 36 heavy (non-hydrogen) atoms. The van der Waals surface area contributed by atoms with Gasteiger partial charge in [0.2, 0.25) is 0 Å². The van der Waals surface area contributed by atoms with Crippen molar-refractivity contribution >= 4 is 0 Å². The summed E-state index contributed by atoms with van der Waals surface area (Å²) in [6.45, 7) is 4.99. The average Bonchev–Trinajstić information content (AvgIpc) is 3.69. The molecule has 2 aromatic carbocycles. The third kappa shape index (κ3) is 4.96. The summed E-state index contributed by atoms with van der Waals surface area (Å²) >= 11 is 0. The van der Waals surface area contributed by atoms with Gasteiger partial charge in [0.25, 0.3) is 0 Å². The lowest BCUT2D eigenvalue weighted by molar-refractivity contribution is 0.185. The van der Waals surface area contributed by atoms with E-state index in [2.05, 4.69) is 79.0 Å². The van der Waals surface area contributed by atoms with Gasteiger partial charge in [-0.05, 0) is 65.6 Å². The first-order valence-electron chi connectivity index (χ1n) is 13.2. The molecule has 2 fully saturated rings. The number of hydrogen-bond donors (Lipinski definition) is 0. The van der Waals surface area contributed by atoms with Crippen LogP contribution >= 0.6 is 0 Å². The van der Waals surface area contributed by atoms with Crippen LogP contribution in [0.1, 0.15) is 55.1 Å². The maximum absolute atomic E-state index is 4.59. The second-order valence-corrected chi connectivity index (χ2v) is 9.99. The molecule has 0 bridgehead atoms. The smallest absolute Gasteiger partial charge is 0.173 e. The van der Waals surface area contributed by atoms with Crippen LogP contribution in [0.5, 0.6) is 0 Å². The standard InChI is InChI=1S/C28H34N8/c1-2-8-23(9-3-1)22-36-28(30-31-32-36)27(24-12-14-26(15-13-24)35-19-6-16-29-35)34-18-7-17-33(20-21-34)25-10-4-5-11-25/h1-3,6,8-9,12-16,19,25,27H,4-5,7,10-11,17-18,20-22H2. The number of nitrogens with zero attached hydrogens (tertiary/aromatic N) is 8. The molecule has 3 heterocycles. The second kappa shape index (κ2) is 10.7. The van der Waals surface area contributed by atoms with Crippen molar-refractivity contribution in [3.63, 3.8) is 0 Å². The van der Waals surface area contributed by atoms with Crippen LogP contribution in [0.25, 0.3) is 5.69 Å². The number of aromatic nitrogens is 6. The van der Waals surface area contributed by atoms with Gasteiger partial charge < -0.3 is 0 Å². The van der Waals surface area contributed by atoms with E-state index in [1.807, 2.05) is 33.9 Å². The Labute approximate surface area is 212 Å². The predicted molar refractivity (Wildman–Crippen MR) is 139 cm³/mol. The molecule has 1 aliphatic carbocycles. The first-order chi connectivity index (χ1) is 17.8. The molecule has 4 aromatic rings. The zero-order valence-corrected chi connectivity index (χ0v) is 20.7. The fourth-order valence-electron chi connectivity index (χ4n) is 5.88. The van der Waals surface area contributed by atoms with Gasteiger partial charge in [0.15, 0.2) is 5.82 Å². The Bertz CT molecular complexity index is 1210. The quantitative estimate of drug-likeness (QED) is 0.397. The minimum Gasteiger partial charge on any atom is -0.299 e. The number of tetrazole rings is 1. The van der Waals surface area contributed by atoms with E-state index in [1.165, 1.54) is 49.8 Å². The Morgan fingerprint density at radius 3 is 2.44 bits per heavy atom. The van der Waals surface area contributed by atoms with Crippen LogP contribution in [-0.4, -0.2) is 72.0 Å². The molecule has 8 heteroatoms. The predicted octanol–water partition coefficient (Wildman–Crippen LogP) is 3.95. The summed E-state index contributed by atoms with van der Waals surface area (Å²) in [5.41, 5.74) is 3.46. The Kier molecular flexibility index (Phi) is 6.87. The Balaban J connectivity index is 1.31. The summed E-state index contributed by atoms with van der Waals surface area (Å²) in [7, 11) is 0. The van der Waals surface area contributed by atoms with Gasteiger partial charge >= 0.3 is 0 Å². The van der Waals surface area contributed by atoms with Gasteiger partial charge in [0.1, 0.15) is 0 Å². The van der Waals surface area contributed by atoms with Gasteiger partial charge in [-0.1, -0.05) is 55.3 Å². The van der Waals surface area contributed by atoms with Crippen molar-refractivity contribution in [1.29, 1.82) is 0 Å². The minimum atomic E-state index is -0.00101. The van der Waals surface area contributed by atoms with Crippen LogP contribution in [0.2, 0.25) is 0 Å². The third-order valence-electron chi connectivity index (χ3n) is 7.73. The van der Waals surface area contributed by atoms with Crippen molar-refractivity contribution in [3.05, 3.63) is 90.0 Å². The summed E-state index contributed by atoms with van der Waals surface area (Å²) in [6, 6.07) is 21.9. The Morgan fingerprint density at radius 2 is 1.67 bits per heavy atom. The molecular formula is C28H34N8. The molecule has 2 aromatic heterocycles. The normalized spacial score (nSPS) is 18.9. The van der Waals surface area contributed by atoms with E-state index in [-0.39, 0.29) is 6.04 Å².